The van der Waals surface area contributed by atoms with Gasteiger partial charge in [-0.1, -0.05) is 12.8 Å². The van der Waals surface area contributed by atoms with Crippen molar-refractivity contribution in [1.29, 1.82) is 0 Å². The summed E-state index contributed by atoms with van der Waals surface area (Å²) in [6, 6.07) is 0.458. The van der Waals surface area contributed by atoms with Gasteiger partial charge in [0.2, 0.25) is 5.91 Å². The SMILES string of the molecule is COC(=O)CCCN(CC(N)=O)C1CCCC1. The van der Waals surface area contributed by atoms with Gasteiger partial charge in [0.05, 0.1) is 13.7 Å². The van der Waals surface area contributed by atoms with Gasteiger partial charge in [-0.25, -0.2) is 0 Å². The lowest BCUT2D eigenvalue weighted by Crippen LogP contribution is -2.40. The standard InChI is InChI=1S/C12H22N2O3/c1-17-12(16)7-4-8-14(9-11(13)15)10-5-2-3-6-10/h10H,2-9H2,1H3,(H2,13,15). The smallest absolute Gasteiger partial charge is 0.305 e. The van der Waals surface area contributed by atoms with Crippen molar-refractivity contribution in [3.8, 4) is 0 Å². The van der Waals surface area contributed by atoms with E-state index in [0.29, 0.717) is 19.0 Å². The third kappa shape index (κ3) is 5.17. The Labute approximate surface area is 102 Å². The van der Waals surface area contributed by atoms with Crippen molar-refractivity contribution in [2.75, 3.05) is 20.2 Å². The molecule has 0 bridgehead atoms. The summed E-state index contributed by atoms with van der Waals surface area (Å²) >= 11 is 0. The molecule has 0 unspecified atom stereocenters. The summed E-state index contributed by atoms with van der Waals surface area (Å²) in [6.45, 7) is 1.04. The molecule has 0 spiro atoms. The van der Waals surface area contributed by atoms with Gasteiger partial charge in [0.15, 0.2) is 0 Å². The zero-order valence-corrected chi connectivity index (χ0v) is 10.5. The van der Waals surface area contributed by atoms with Crippen LogP contribution >= 0.6 is 0 Å². The molecule has 0 radical (unpaired) electrons. The van der Waals surface area contributed by atoms with Crippen LogP contribution in [0.5, 0.6) is 0 Å². The first-order chi connectivity index (χ1) is 8.13. The molecule has 1 aliphatic rings. The van der Waals surface area contributed by atoms with Crippen LogP contribution < -0.4 is 5.73 Å². The lowest BCUT2D eigenvalue weighted by molar-refractivity contribution is -0.140. The summed E-state index contributed by atoms with van der Waals surface area (Å²) in [7, 11) is 1.39. The number of rotatable bonds is 7. The fourth-order valence-corrected chi connectivity index (χ4v) is 2.39. The monoisotopic (exact) mass is 242 g/mol. The highest BCUT2D eigenvalue weighted by atomic mass is 16.5. The molecular weight excluding hydrogens is 220 g/mol. The van der Waals surface area contributed by atoms with Crippen LogP contribution in [0.1, 0.15) is 38.5 Å². The second-order valence-corrected chi connectivity index (χ2v) is 4.55. The lowest BCUT2D eigenvalue weighted by atomic mass is 10.2. The van der Waals surface area contributed by atoms with Gasteiger partial charge in [0.25, 0.3) is 0 Å². The van der Waals surface area contributed by atoms with Crippen LogP contribution in [0.25, 0.3) is 0 Å². The average molecular weight is 242 g/mol. The van der Waals surface area contributed by atoms with Gasteiger partial charge in [0.1, 0.15) is 0 Å². The van der Waals surface area contributed by atoms with Gasteiger partial charge in [0, 0.05) is 12.5 Å². The molecule has 5 nitrogen and oxygen atoms in total. The molecule has 0 aromatic carbocycles. The number of amides is 1. The Morgan fingerprint density at radius 1 is 1.35 bits per heavy atom. The summed E-state index contributed by atoms with van der Waals surface area (Å²) in [5, 5.41) is 0. The molecule has 0 saturated heterocycles. The van der Waals surface area contributed by atoms with Crippen LogP contribution in [-0.4, -0.2) is 43.0 Å². The van der Waals surface area contributed by atoms with E-state index in [0.717, 1.165) is 25.8 Å². The third-order valence-electron chi connectivity index (χ3n) is 3.25. The van der Waals surface area contributed by atoms with Gasteiger partial charge in [-0.15, -0.1) is 0 Å². The molecule has 5 heteroatoms. The number of carbonyl (C=O) groups is 2. The van der Waals surface area contributed by atoms with Crippen LogP contribution in [0.3, 0.4) is 0 Å². The van der Waals surface area contributed by atoms with E-state index >= 15 is 0 Å². The van der Waals surface area contributed by atoms with Gasteiger partial charge in [-0.2, -0.15) is 0 Å². The van der Waals surface area contributed by atoms with Crippen LogP contribution in [0.15, 0.2) is 0 Å². The Hall–Kier alpha value is -1.10. The van der Waals surface area contributed by atoms with Crippen molar-refractivity contribution < 1.29 is 14.3 Å². The topological polar surface area (TPSA) is 72.6 Å². The van der Waals surface area contributed by atoms with E-state index in [1.165, 1.54) is 20.0 Å². The largest absolute Gasteiger partial charge is 0.469 e. The molecule has 0 aromatic heterocycles. The summed E-state index contributed by atoms with van der Waals surface area (Å²) in [5.41, 5.74) is 5.25. The lowest BCUT2D eigenvalue weighted by Gasteiger charge is -2.27. The highest BCUT2D eigenvalue weighted by molar-refractivity contribution is 5.76. The van der Waals surface area contributed by atoms with Crippen molar-refractivity contribution in [3.05, 3.63) is 0 Å². The van der Waals surface area contributed by atoms with Crippen LogP contribution in [-0.2, 0) is 14.3 Å². The van der Waals surface area contributed by atoms with Crippen molar-refractivity contribution >= 4 is 11.9 Å². The predicted molar refractivity (Wildman–Crippen MR) is 64.3 cm³/mol. The average Bonchev–Trinajstić information content (AvgIpc) is 2.80. The Morgan fingerprint density at radius 2 is 2.00 bits per heavy atom. The molecule has 17 heavy (non-hydrogen) atoms. The van der Waals surface area contributed by atoms with Gasteiger partial charge < -0.3 is 10.5 Å². The number of methoxy groups -OCH3 is 1. The van der Waals surface area contributed by atoms with Gasteiger partial charge in [-0.3, -0.25) is 14.5 Å². The molecule has 2 N–H and O–H groups in total. The van der Waals surface area contributed by atoms with Crippen molar-refractivity contribution in [2.45, 2.75) is 44.6 Å². The number of hydrogen-bond donors (Lipinski definition) is 1. The third-order valence-corrected chi connectivity index (χ3v) is 3.25. The number of primary amides is 1. The Bertz CT molecular complexity index is 262. The minimum Gasteiger partial charge on any atom is -0.469 e. The van der Waals surface area contributed by atoms with E-state index in [2.05, 4.69) is 9.64 Å². The molecule has 0 aromatic rings. The van der Waals surface area contributed by atoms with Crippen LogP contribution in [0, 0.1) is 0 Å². The van der Waals surface area contributed by atoms with E-state index in [4.69, 9.17) is 5.73 Å². The first-order valence-corrected chi connectivity index (χ1v) is 6.22. The molecule has 1 rings (SSSR count). The zero-order chi connectivity index (χ0) is 12.7. The number of ether oxygens (including phenoxy) is 1. The summed E-state index contributed by atoms with van der Waals surface area (Å²) in [6.07, 6.45) is 5.82. The molecule has 0 aliphatic heterocycles. The van der Waals surface area contributed by atoms with E-state index in [1.54, 1.807) is 0 Å². The number of carbonyl (C=O) groups excluding carboxylic acids is 2. The molecule has 0 atom stereocenters. The minimum atomic E-state index is -0.296. The van der Waals surface area contributed by atoms with Crippen molar-refractivity contribution in [1.82, 2.24) is 4.90 Å². The van der Waals surface area contributed by atoms with E-state index in [1.807, 2.05) is 0 Å². The first-order valence-electron chi connectivity index (χ1n) is 6.22. The zero-order valence-electron chi connectivity index (χ0n) is 10.5. The summed E-state index contributed by atoms with van der Waals surface area (Å²) < 4.78 is 4.59. The van der Waals surface area contributed by atoms with E-state index in [-0.39, 0.29) is 11.9 Å². The molecular formula is C12H22N2O3. The number of nitrogens with two attached hydrogens (primary N) is 1. The highest BCUT2D eigenvalue weighted by Crippen LogP contribution is 2.23. The maximum Gasteiger partial charge on any atom is 0.305 e. The Balaban J connectivity index is 2.34. The number of nitrogens with zero attached hydrogens (tertiary/aromatic N) is 1. The maximum atomic E-state index is 11.0. The van der Waals surface area contributed by atoms with Crippen LogP contribution in [0.2, 0.25) is 0 Å². The highest BCUT2D eigenvalue weighted by Gasteiger charge is 2.23. The molecule has 0 heterocycles. The van der Waals surface area contributed by atoms with Gasteiger partial charge in [-0.05, 0) is 25.8 Å². The molecule has 1 fully saturated rings. The van der Waals surface area contributed by atoms with Crippen LogP contribution in [0.4, 0.5) is 0 Å². The Kier molecular flexibility index (Phi) is 5.97. The molecule has 98 valence electrons. The summed E-state index contributed by atoms with van der Waals surface area (Å²) in [5.74, 6) is -0.495. The molecule has 1 saturated carbocycles. The maximum absolute atomic E-state index is 11.0. The van der Waals surface area contributed by atoms with Gasteiger partial charge >= 0.3 is 5.97 Å². The summed E-state index contributed by atoms with van der Waals surface area (Å²) in [4.78, 5) is 24.1. The van der Waals surface area contributed by atoms with E-state index in [9.17, 15) is 9.59 Å². The van der Waals surface area contributed by atoms with Crippen molar-refractivity contribution in [3.63, 3.8) is 0 Å². The predicted octanol–water partition coefficient (Wildman–Crippen LogP) is 0.669. The quantitative estimate of drug-likeness (QED) is 0.666. The number of esters is 1. The normalized spacial score (nSPS) is 16.4. The first kappa shape index (κ1) is 14.0. The number of hydrogen-bond acceptors (Lipinski definition) is 4. The second kappa shape index (κ2) is 7.27. The minimum absolute atomic E-state index is 0.199. The fourth-order valence-electron chi connectivity index (χ4n) is 2.39. The molecule has 1 amide bonds. The van der Waals surface area contributed by atoms with E-state index < -0.39 is 0 Å². The second-order valence-electron chi connectivity index (χ2n) is 4.55. The van der Waals surface area contributed by atoms with Crippen molar-refractivity contribution in [2.24, 2.45) is 5.73 Å². The fraction of sp³-hybridized carbons (Fsp3) is 0.833. The Morgan fingerprint density at radius 3 is 2.53 bits per heavy atom. The molecule has 1 aliphatic carbocycles.